The molecule has 0 fully saturated rings. The van der Waals surface area contributed by atoms with Crippen molar-refractivity contribution < 1.29 is 0 Å². The molecule has 0 amide bonds. The smallest absolute Gasteiger partial charge is 0.105 e. The van der Waals surface area contributed by atoms with Gasteiger partial charge in [-0.25, -0.2) is 0 Å². The van der Waals surface area contributed by atoms with Crippen molar-refractivity contribution in [1.82, 2.24) is 0 Å². The van der Waals surface area contributed by atoms with Crippen molar-refractivity contribution in [3.63, 3.8) is 0 Å². The van der Waals surface area contributed by atoms with Gasteiger partial charge in [-0.15, -0.1) is 29.8 Å². The van der Waals surface area contributed by atoms with Gasteiger partial charge in [0.1, 0.15) is 4.84 Å². The van der Waals surface area contributed by atoms with E-state index in [0.717, 1.165) is 19.3 Å². The van der Waals surface area contributed by atoms with E-state index in [9.17, 15) is 0 Å². The summed E-state index contributed by atoms with van der Waals surface area (Å²) < 4.78 is 0. The zero-order chi connectivity index (χ0) is 6.41. The van der Waals surface area contributed by atoms with Crippen LogP contribution in [0, 0.1) is 0 Å². The third-order valence-electron chi connectivity index (χ3n) is 0.831. The van der Waals surface area contributed by atoms with Crippen LogP contribution in [0.2, 0.25) is 0 Å². The van der Waals surface area contributed by atoms with Crippen LogP contribution in [0.3, 0.4) is 0 Å². The van der Waals surface area contributed by atoms with Crippen LogP contribution in [0.25, 0.3) is 0 Å². The van der Waals surface area contributed by atoms with Gasteiger partial charge in [-0.3, -0.25) is 0 Å². The topological polar surface area (TPSA) is 0 Å². The molecule has 0 N–H and O–H groups in total. The monoisotopic (exact) mass is 152 g/mol. The first-order chi connectivity index (χ1) is 3.77. The van der Waals surface area contributed by atoms with Crippen LogP contribution in [0.4, 0.5) is 0 Å². The highest BCUT2D eigenvalue weighted by Crippen LogP contribution is 2.10. The number of hydrogen-bond acceptors (Lipinski definition) is 0. The van der Waals surface area contributed by atoms with Crippen LogP contribution < -0.4 is 0 Å². The van der Waals surface area contributed by atoms with Gasteiger partial charge in [0.15, 0.2) is 0 Å². The molecular weight excluding hydrogens is 143 g/mol. The third-order valence-corrected chi connectivity index (χ3v) is 1.27. The molecule has 0 aromatic rings. The maximum absolute atomic E-state index is 5.44. The van der Waals surface area contributed by atoms with Crippen LogP contribution in [0.15, 0.2) is 12.7 Å². The highest BCUT2D eigenvalue weighted by Gasteiger charge is 1.94. The summed E-state index contributed by atoms with van der Waals surface area (Å²) >= 11 is 10.9. The quantitative estimate of drug-likeness (QED) is 0.330. The third kappa shape index (κ3) is 6.32. The number of hydrogen-bond donors (Lipinski definition) is 0. The zero-order valence-electron chi connectivity index (χ0n) is 4.74. The number of alkyl halides is 2. The fourth-order valence-corrected chi connectivity index (χ4v) is 0.725. The summed E-state index contributed by atoms with van der Waals surface area (Å²) in [5.41, 5.74) is 0. The molecule has 0 spiro atoms. The SMILES string of the molecule is C=CCCCC(Cl)Cl. The molecule has 48 valence electrons. The average Bonchev–Trinajstić information content (AvgIpc) is 1.66. The highest BCUT2D eigenvalue weighted by molar-refractivity contribution is 6.44. The maximum atomic E-state index is 5.44. The molecule has 0 saturated heterocycles. The van der Waals surface area contributed by atoms with Gasteiger partial charge >= 0.3 is 0 Å². The average molecular weight is 153 g/mol. The van der Waals surface area contributed by atoms with Gasteiger partial charge in [-0.1, -0.05) is 6.08 Å². The minimum absolute atomic E-state index is 0.199. The molecule has 0 aliphatic heterocycles. The van der Waals surface area contributed by atoms with Gasteiger partial charge in [0.25, 0.3) is 0 Å². The lowest BCUT2D eigenvalue weighted by molar-refractivity contribution is 0.797. The summed E-state index contributed by atoms with van der Waals surface area (Å²) in [6, 6.07) is 0. The molecule has 0 nitrogen and oxygen atoms in total. The lowest BCUT2D eigenvalue weighted by Crippen LogP contribution is -1.84. The second-order valence-electron chi connectivity index (χ2n) is 1.61. The Labute approximate surface area is 60.5 Å². The predicted octanol–water partition coefficient (Wildman–Crippen LogP) is 3.15. The maximum Gasteiger partial charge on any atom is 0.107 e. The van der Waals surface area contributed by atoms with E-state index in [1.54, 1.807) is 0 Å². The first-order valence-electron chi connectivity index (χ1n) is 2.66. The molecule has 0 atom stereocenters. The summed E-state index contributed by atoms with van der Waals surface area (Å²) in [6.07, 6.45) is 4.79. The molecule has 0 rings (SSSR count). The van der Waals surface area contributed by atoms with Gasteiger partial charge in [-0.2, -0.15) is 0 Å². The van der Waals surface area contributed by atoms with Gasteiger partial charge in [0.2, 0.25) is 0 Å². The number of unbranched alkanes of at least 4 members (excludes halogenated alkanes) is 1. The summed E-state index contributed by atoms with van der Waals surface area (Å²) in [5, 5.41) is 0. The first-order valence-corrected chi connectivity index (χ1v) is 3.53. The van der Waals surface area contributed by atoms with Crippen LogP contribution in [-0.4, -0.2) is 4.84 Å². The van der Waals surface area contributed by atoms with Crippen LogP contribution in [0.5, 0.6) is 0 Å². The van der Waals surface area contributed by atoms with Gasteiger partial charge in [0.05, 0.1) is 0 Å². The van der Waals surface area contributed by atoms with Crippen LogP contribution in [-0.2, 0) is 0 Å². The van der Waals surface area contributed by atoms with Gasteiger partial charge < -0.3 is 0 Å². The van der Waals surface area contributed by atoms with E-state index in [0.29, 0.717) is 0 Å². The van der Waals surface area contributed by atoms with E-state index in [2.05, 4.69) is 6.58 Å². The Morgan fingerprint density at radius 3 is 2.50 bits per heavy atom. The predicted molar refractivity (Wildman–Crippen MR) is 39.5 cm³/mol. The molecule has 0 unspecified atom stereocenters. The molecular formula is C6H10Cl2. The Morgan fingerprint density at radius 2 is 2.12 bits per heavy atom. The Morgan fingerprint density at radius 1 is 1.50 bits per heavy atom. The Kier molecular flexibility index (Phi) is 5.67. The number of allylic oxidation sites excluding steroid dienone is 1. The lowest BCUT2D eigenvalue weighted by atomic mass is 10.2. The molecule has 0 saturated carbocycles. The van der Waals surface area contributed by atoms with Crippen molar-refractivity contribution in [2.45, 2.75) is 24.1 Å². The lowest BCUT2D eigenvalue weighted by Gasteiger charge is -1.95. The van der Waals surface area contributed by atoms with Gasteiger partial charge in [0, 0.05) is 0 Å². The van der Waals surface area contributed by atoms with Crippen LogP contribution in [0.1, 0.15) is 19.3 Å². The van der Waals surface area contributed by atoms with Crippen molar-refractivity contribution in [1.29, 1.82) is 0 Å². The summed E-state index contributed by atoms with van der Waals surface area (Å²) in [5.74, 6) is 0. The molecule has 8 heavy (non-hydrogen) atoms. The molecule has 0 aromatic heterocycles. The molecule has 0 aliphatic carbocycles. The first kappa shape index (κ1) is 8.32. The second-order valence-corrected chi connectivity index (χ2v) is 2.89. The molecule has 0 heterocycles. The van der Waals surface area contributed by atoms with Crippen molar-refractivity contribution in [3.05, 3.63) is 12.7 Å². The van der Waals surface area contributed by atoms with Gasteiger partial charge in [-0.05, 0) is 19.3 Å². The van der Waals surface area contributed by atoms with E-state index >= 15 is 0 Å². The molecule has 0 aliphatic rings. The van der Waals surface area contributed by atoms with E-state index < -0.39 is 0 Å². The largest absolute Gasteiger partial charge is 0.107 e. The standard InChI is InChI=1S/C6H10Cl2/c1-2-3-4-5-6(7)8/h2,6H,1,3-5H2. The summed E-state index contributed by atoms with van der Waals surface area (Å²) in [7, 11) is 0. The summed E-state index contributed by atoms with van der Waals surface area (Å²) in [6.45, 7) is 3.57. The number of halogens is 2. The van der Waals surface area contributed by atoms with E-state index in [1.165, 1.54) is 0 Å². The Bertz CT molecular complexity index is 59.5. The molecule has 0 aromatic carbocycles. The summed E-state index contributed by atoms with van der Waals surface area (Å²) in [4.78, 5) is -0.199. The fourth-order valence-electron chi connectivity index (χ4n) is 0.416. The van der Waals surface area contributed by atoms with E-state index in [1.807, 2.05) is 6.08 Å². The zero-order valence-corrected chi connectivity index (χ0v) is 6.25. The Hall–Kier alpha value is 0.320. The van der Waals surface area contributed by atoms with Crippen molar-refractivity contribution >= 4 is 23.2 Å². The molecule has 2 heteroatoms. The van der Waals surface area contributed by atoms with Crippen molar-refractivity contribution in [2.24, 2.45) is 0 Å². The Balaban J connectivity index is 2.81. The minimum Gasteiger partial charge on any atom is -0.105 e. The second kappa shape index (κ2) is 5.46. The minimum atomic E-state index is -0.199. The molecule has 0 bridgehead atoms. The number of rotatable bonds is 4. The van der Waals surface area contributed by atoms with Crippen LogP contribution >= 0.6 is 23.2 Å². The highest BCUT2D eigenvalue weighted by atomic mass is 35.5. The fraction of sp³-hybridized carbons (Fsp3) is 0.667. The van der Waals surface area contributed by atoms with Crippen molar-refractivity contribution in [2.75, 3.05) is 0 Å². The van der Waals surface area contributed by atoms with E-state index in [4.69, 9.17) is 23.2 Å². The molecule has 0 radical (unpaired) electrons. The normalized spacial score (nSPS) is 9.88. The van der Waals surface area contributed by atoms with Crippen molar-refractivity contribution in [3.8, 4) is 0 Å². The van der Waals surface area contributed by atoms with E-state index in [-0.39, 0.29) is 4.84 Å².